The van der Waals surface area contributed by atoms with E-state index in [0.717, 1.165) is 24.0 Å². The minimum absolute atomic E-state index is 0.0132. The van der Waals surface area contributed by atoms with Crippen LogP contribution >= 0.6 is 0 Å². The summed E-state index contributed by atoms with van der Waals surface area (Å²) in [5.74, 6) is 0.0132. The maximum Gasteiger partial charge on any atom is 0.238 e. The predicted molar refractivity (Wildman–Crippen MR) is 87.0 cm³/mol. The highest BCUT2D eigenvalue weighted by Gasteiger charge is 2.50. The Bertz CT molecular complexity index is 811. The smallest absolute Gasteiger partial charge is 0.238 e. The average Bonchev–Trinajstić information content (AvgIpc) is 3.35. The number of primary sulfonamides is 1. The zero-order valence-corrected chi connectivity index (χ0v) is 13.3. The molecule has 23 heavy (non-hydrogen) atoms. The third-order valence-corrected chi connectivity index (χ3v) is 5.15. The van der Waals surface area contributed by atoms with Crippen molar-refractivity contribution in [2.24, 2.45) is 5.14 Å². The Morgan fingerprint density at radius 2 is 1.65 bits per heavy atom. The van der Waals surface area contributed by atoms with E-state index in [2.05, 4.69) is 5.32 Å². The molecule has 1 aliphatic rings. The first-order chi connectivity index (χ1) is 10.9. The number of benzene rings is 2. The SMILES string of the molecule is NS(=O)(=O)c1ccc(CNC(=O)C2(c3ccccc3)CC2)cc1. The van der Waals surface area contributed by atoms with Gasteiger partial charge in [0.25, 0.3) is 0 Å². The van der Waals surface area contributed by atoms with E-state index in [1.165, 1.54) is 12.1 Å². The number of nitrogens with two attached hydrogens (primary N) is 1. The topological polar surface area (TPSA) is 89.3 Å². The van der Waals surface area contributed by atoms with Crippen LogP contribution in [-0.4, -0.2) is 14.3 Å². The summed E-state index contributed by atoms with van der Waals surface area (Å²) in [4.78, 5) is 12.6. The van der Waals surface area contributed by atoms with Gasteiger partial charge in [0.05, 0.1) is 10.3 Å². The van der Waals surface area contributed by atoms with Crippen molar-refractivity contribution in [3.63, 3.8) is 0 Å². The molecule has 0 radical (unpaired) electrons. The standard InChI is InChI=1S/C17H18N2O3S/c18-23(21,22)15-8-6-13(7-9-15)12-19-16(20)17(10-11-17)14-4-2-1-3-5-14/h1-9H,10-12H2,(H,19,20)(H2,18,21,22). The van der Waals surface area contributed by atoms with Gasteiger partial charge in [-0.3, -0.25) is 4.79 Å². The maximum atomic E-state index is 12.5. The zero-order chi connectivity index (χ0) is 16.5. The van der Waals surface area contributed by atoms with Gasteiger partial charge in [-0.25, -0.2) is 13.6 Å². The highest BCUT2D eigenvalue weighted by Crippen LogP contribution is 2.48. The first-order valence-corrected chi connectivity index (χ1v) is 8.92. The molecule has 6 heteroatoms. The minimum Gasteiger partial charge on any atom is -0.351 e. The van der Waals surface area contributed by atoms with E-state index in [-0.39, 0.29) is 10.8 Å². The molecule has 2 aromatic carbocycles. The number of nitrogens with one attached hydrogen (secondary N) is 1. The van der Waals surface area contributed by atoms with Crippen LogP contribution in [0.25, 0.3) is 0 Å². The summed E-state index contributed by atoms with van der Waals surface area (Å²) in [6.45, 7) is 0.359. The maximum absolute atomic E-state index is 12.5. The minimum atomic E-state index is -3.69. The molecule has 0 spiro atoms. The molecule has 0 aliphatic heterocycles. The van der Waals surface area contributed by atoms with Gasteiger partial charge in [0.15, 0.2) is 0 Å². The normalized spacial score (nSPS) is 15.9. The summed E-state index contributed by atoms with van der Waals surface area (Å²) >= 11 is 0. The zero-order valence-electron chi connectivity index (χ0n) is 12.5. The quantitative estimate of drug-likeness (QED) is 0.874. The van der Waals surface area contributed by atoms with Crippen molar-refractivity contribution in [3.8, 4) is 0 Å². The highest BCUT2D eigenvalue weighted by atomic mass is 32.2. The van der Waals surface area contributed by atoms with Crippen LogP contribution in [0.3, 0.4) is 0 Å². The van der Waals surface area contributed by atoms with E-state index in [9.17, 15) is 13.2 Å². The lowest BCUT2D eigenvalue weighted by molar-refractivity contribution is -0.123. The average molecular weight is 330 g/mol. The Balaban J connectivity index is 1.66. The summed E-state index contributed by atoms with van der Waals surface area (Å²) in [7, 11) is -3.69. The molecule has 3 rings (SSSR count). The van der Waals surface area contributed by atoms with Gasteiger partial charge < -0.3 is 5.32 Å². The van der Waals surface area contributed by atoms with Crippen molar-refractivity contribution in [2.75, 3.05) is 0 Å². The Morgan fingerprint density at radius 1 is 1.04 bits per heavy atom. The molecule has 0 heterocycles. The third-order valence-electron chi connectivity index (χ3n) is 4.22. The molecule has 1 amide bonds. The number of hydrogen-bond acceptors (Lipinski definition) is 3. The number of rotatable bonds is 5. The van der Waals surface area contributed by atoms with E-state index in [1.807, 2.05) is 30.3 Å². The second-order valence-corrected chi connectivity index (χ2v) is 7.38. The predicted octanol–water partition coefficient (Wildman–Crippen LogP) is 1.68. The second kappa shape index (κ2) is 5.79. The van der Waals surface area contributed by atoms with Crippen molar-refractivity contribution in [1.82, 2.24) is 5.32 Å². The van der Waals surface area contributed by atoms with Gasteiger partial charge in [-0.05, 0) is 36.1 Å². The lowest BCUT2D eigenvalue weighted by atomic mass is 9.95. The Morgan fingerprint density at radius 3 is 2.17 bits per heavy atom. The van der Waals surface area contributed by atoms with Crippen molar-refractivity contribution >= 4 is 15.9 Å². The van der Waals surface area contributed by atoms with E-state index in [4.69, 9.17) is 5.14 Å². The molecule has 0 bridgehead atoms. The monoisotopic (exact) mass is 330 g/mol. The number of hydrogen-bond donors (Lipinski definition) is 2. The summed E-state index contributed by atoms with van der Waals surface area (Å²) in [5.41, 5.74) is 1.47. The van der Waals surface area contributed by atoms with Crippen LogP contribution in [-0.2, 0) is 26.8 Å². The Kier molecular flexibility index (Phi) is 3.95. The van der Waals surface area contributed by atoms with Crippen LogP contribution < -0.4 is 10.5 Å². The van der Waals surface area contributed by atoms with Crippen molar-refractivity contribution < 1.29 is 13.2 Å². The largest absolute Gasteiger partial charge is 0.351 e. The first kappa shape index (κ1) is 15.7. The van der Waals surface area contributed by atoms with Crippen molar-refractivity contribution in [1.29, 1.82) is 0 Å². The molecule has 5 nitrogen and oxygen atoms in total. The molecule has 1 fully saturated rings. The van der Waals surface area contributed by atoms with Gasteiger partial charge in [-0.2, -0.15) is 0 Å². The van der Waals surface area contributed by atoms with Gasteiger partial charge in [0, 0.05) is 6.54 Å². The molecule has 2 aromatic rings. The summed E-state index contributed by atoms with van der Waals surface area (Å²) in [5, 5.41) is 8.00. The number of amides is 1. The molecule has 1 saturated carbocycles. The molecule has 3 N–H and O–H groups in total. The molecular formula is C17H18N2O3S. The fraction of sp³-hybridized carbons (Fsp3) is 0.235. The molecule has 0 saturated heterocycles. The number of carbonyl (C=O) groups is 1. The first-order valence-electron chi connectivity index (χ1n) is 7.37. The fourth-order valence-electron chi connectivity index (χ4n) is 2.68. The molecule has 1 aliphatic carbocycles. The van der Waals surface area contributed by atoms with Crippen LogP contribution in [0.4, 0.5) is 0 Å². The number of carbonyl (C=O) groups excluding carboxylic acids is 1. The van der Waals surface area contributed by atoms with E-state index in [1.54, 1.807) is 12.1 Å². The van der Waals surface area contributed by atoms with Gasteiger partial charge in [-0.1, -0.05) is 42.5 Å². The third kappa shape index (κ3) is 3.28. The summed E-state index contributed by atoms with van der Waals surface area (Å²) in [6.07, 6.45) is 1.71. The number of sulfonamides is 1. The Labute approximate surface area is 135 Å². The highest BCUT2D eigenvalue weighted by molar-refractivity contribution is 7.89. The molecule has 120 valence electrons. The molecular weight excluding hydrogens is 312 g/mol. The van der Waals surface area contributed by atoms with Gasteiger partial charge in [0.2, 0.25) is 15.9 Å². The van der Waals surface area contributed by atoms with Gasteiger partial charge in [0.1, 0.15) is 0 Å². The lowest BCUT2D eigenvalue weighted by Crippen LogP contribution is -2.34. The van der Waals surface area contributed by atoms with Crippen molar-refractivity contribution in [2.45, 2.75) is 29.7 Å². The second-order valence-electron chi connectivity index (χ2n) is 5.82. The van der Waals surface area contributed by atoms with E-state index >= 15 is 0 Å². The van der Waals surface area contributed by atoms with E-state index in [0.29, 0.717) is 6.54 Å². The summed E-state index contributed by atoms with van der Waals surface area (Å²) in [6, 6.07) is 16.0. The molecule has 0 atom stereocenters. The van der Waals surface area contributed by atoms with Crippen LogP contribution in [0.15, 0.2) is 59.5 Å². The van der Waals surface area contributed by atoms with E-state index < -0.39 is 15.4 Å². The molecule has 0 unspecified atom stereocenters. The van der Waals surface area contributed by atoms with Crippen LogP contribution in [0.5, 0.6) is 0 Å². The van der Waals surface area contributed by atoms with Gasteiger partial charge >= 0.3 is 0 Å². The molecule has 0 aromatic heterocycles. The fourth-order valence-corrected chi connectivity index (χ4v) is 3.19. The van der Waals surface area contributed by atoms with Gasteiger partial charge in [-0.15, -0.1) is 0 Å². The van der Waals surface area contributed by atoms with Crippen LogP contribution in [0, 0.1) is 0 Å². The van der Waals surface area contributed by atoms with Crippen LogP contribution in [0.1, 0.15) is 24.0 Å². The van der Waals surface area contributed by atoms with Crippen molar-refractivity contribution in [3.05, 3.63) is 65.7 Å². The Hall–Kier alpha value is -2.18. The summed E-state index contributed by atoms with van der Waals surface area (Å²) < 4.78 is 22.4. The lowest BCUT2D eigenvalue weighted by Gasteiger charge is -2.15. The van der Waals surface area contributed by atoms with Crippen LogP contribution in [0.2, 0.25) is 0 Å².